The molecule has 0 spiro atoms. The first kappa shape index (κ1) is 15.5. The Morgan fingerprint density at radius 3 is 2.43 bits per heavy atom. The summed E-state index contributed by atoms with van der Waals surface area (Å²) in [6.07, 6.45) is 0. The molecule has 5 nitrogen and oxygen atoms in total. The van der Waals surface area contributed by atoms with Gasteiger partial charge >= 0.3 is 0 Å². The molecule has 0 saturated heterocycles. The molecule has 0 aliphatic carbocycles. The Labute approximate surface area is 141 Å². The van der Waals surface area contributed by atoms with E-state index in [9.17, 15) is 10.1 Å². The molecular formula is C16H10Cl2N2O3. The highest BCUT2D eigenvalue weighted by molar-refractivity contribution is 6.37. The summed E-state index contributed by atoms with van der Waals surface area (Å²) in [6.45, 7) is 1.80. The lowest BCUT2D eigenvalue weighted by atomic mass is 10.2. The molecule has 0 radical (unpaired) electrons. The van der Waals surface area contributed by atoms with Gasteiger partial charge in [0.2, 0.25) is 0 Å². The van der Waals surface area contributed by atoms with Gasteiger partial charge in [-0.15, -0.1) is 0 Å². The van der Waals surface area contributed by atoms with E-state index in [1.54, 1.807) is 6.92 Å². The van der Waals surface area contributed by atoms with Crippen LogP contribution in [-0.4, -0.2) is 9.91 Å². The zero-order valence-electron chi connectivity index (χ0n) is 11.9. The number of non-ortho nitro benzene ring substituents is 1. The van der Waals surface area contributed by atoms with E-state index in [1.807, 2.05) is 30.3 Å². The summed E-state index contributed by atoms with van der Waals surface area (Å²) in [4.78, 5) is 14.7. The predicted octanol–water partition coefficient (Wildman–Crippen LogP) is 5.55. The molecule has 1 heterocycles. The van der Waals surface area contributed by atoms with Crippen LogP contribution >= 0.6 is 23.2 Å². The Hall–Kier alpha value is -2.37. The number of nitro groups is 1. The maximum atomic E-state index is 10.8. The van der Waals surface area contributed by atoms with Crippen molar-refractivity contribution < 1.29 is 9.66 Å². The number of ether oxygens (including phenoxy) is 1. The van der Waals surface area contributed by atoms with Gasteiger partial charge in [0.15, 0.2) is 5.75 Å². The number of pyridine rings is 1. The van der Waals surface area contributed by atoms with E-state index >= 15 is 0 Å². The van der Waals surface area contributed by atoms with Crippen LogP contribution in [-0.2, 0) is 0 Å². The standard InChI is InChI=1S/C16H10Cl2N2O3/c1-9-15(6-10-4-2-3-5-14(10)19-9)23-16-12(17)7-11(20(21)22)8-13(16)18/h2-8H,1H3. The van der Waals surface area contributed by atoms with Crippen LogP contribution in [0.15, 0.2) is 42.5 Å². The molecule has 0 amide bonds. The van der Waals surface area contributed by atoms with E-state index in [-0.39, 0.29) is 21.5 Å². The van der Waals surface area contributed by atoms with Crippen LogP contribution in [0.3, 0.4) is 0 Å². The summed E-state index contributed by atoms with van der Waals surface area (Å²) < 4.78 is 5.76. The van der Waals surface area contributed by atoms with Crippen molar-refractivity contribution in [2.24, 2.45) is 0 Å². The molecule has 1 aromatic heterocycles. The minimum atomic E-state index is -0.565. The second-order valence-electron chi connectivity index (χ2n) is 4.86. The molecule has 0 unspecified atom stereocenters. The molecule has 7 heteroatoms. The zero-order chi connectivity index (χ0) is 16.6. The van der Waals surface area contributed by atoms with Gasteiger partial charge in [-0.1, -0.05) is 41.4 Å². The smallest absolute Gasteiger partial charge is 0.272 e. The first-order valence-electron chi connectivity index (χ1n) is 6.63. The molecule has 3 aromatic rings. The van der Waals surface area contributed by atoms with Crippen molar-refractivity contribution in [3.05, 3.63) is 68.3 Å². The Morgan fingerprint density at radius 2 is 1.78 bits per heavy atom. The van der Waals surface area contributed by atoms with Gasteiger partial charge in [-0.25, -0.2) is 4.98 Å². The van der Waals surface area contributed by atoms with Crippen LogP contribution in [0.5, 0.6) is 11.5 Å². The van der Waals surface area contributed by atoms with Crippen molar-refractivity contribution in [1.82, 2.24) is 4.98 Å². The normalized spacial score (nSPS) is 10.7. The minimum absolute atomic E-state index is 0.0664. The van der Waals surface area contributed by atoms with Crippen molar-refractivity contribution in [1.29, 1.82) is 0 Å². The van der Waals surface area contributed by atoms with Crippen LogP contribution < -0.4 is 4.74 Å². The maximum Gasteiger partial charge on any atom is 0.272 e. The van der Waals surface area contributed by atoms with Crippen molar-refractivity contribution in [2.45, 2.75) is 6.92 Å². The van der Waals surface area contributed by atoms with Crippen molar-refractivity contribution >= 4 is 39.8 Å². The topological polar surface area (TPSA) is 65.3 Å². The third-order valence-corrected chi connectivity index (χ3v) is 3.84. The highest BCUT2D eigenvalue weighted by Crippen LogP contribution is 2.40. The monoisotopic (exact) mass is 348 g/mol. The number of aryl methyl sites for hydroxylation is 1. The largest absolute Gasteiger partial charge is 0.452 e. The molecule has 0 saturated carbocycles. The van der Waals surface area contributed by atoms with Gasteiger partial charge in [0.1, 0.15) is 5.75 Å². The number of rotatable bonds is 3. The Kier molecular flexibility index (Phi) is 4.07. The quantitative estimate of drug-likeness (QED) is 0.459. The third-order valence-electron chi connectivity index (χ3n) is 3.27. The van der Waals surface area contributed by atoms with Crippen LogP contribution in [0.2, 0.25) is 10.0 Å². The lowest BCUT2D eigenvalue weighted by molar-refractivity contribution is -0.384. The van der Waals surface area contributed by atoms with Gasteiger partial charge < -0.3 is 4.74 Å². The average Bonchev–Trinajstić information content (AvgIpc) is 2.50. The summed E-state index contributed by atoms with van der Waals surface area (Å²) in [5.41, 5.74) is 1.31. The van der Waals surface area contributed by atoms with E-state index in [0.29, 0.717) is 11.4 Å². The second-order valence-corrected chi connectivity index (χ2v) is 5.68. The van der Waals surface area contributed by atoms with Crippen molar-refractivity contribution in [3.8, 4) is 11.5 Å². The second kappa shape index (κ2) is 6.02. The van der Waals surface area contributed by atoms with Crippen molar-refractivity contribution in [3.63, 3.8) is 0 Å². The van der Waals surface area contributed by atoms with Gasteiger partial charge in [0, 0.05) is 17.5 Å². The molecule has 23 heavy (non-hydrogen) atoms. The molecular weight excluding hydrogens is 339 g/mol. The summed E-state index contributed by atoms with van der Waals surface area (Å²) in [5.74, 6) is 0.653. The Balaban J connectivity index is 2.05. The van der Waals surface area contributed by atoms with Crippen LogP contribution in [0.25, 0.3) is 10.9 Å². The van der Waals surface area contributed by atoms with Gasteiger partial charge in [0.25, 0.3) is 5.69 Å². The molecule has 116 valence electrons. The lowest BCUT2D eigenvalue weighted by Crippen LogP contribution is -1.94. The minimum Gasteiger partial charge on any atom is -0.452 e. The molecule has 0 aliphatic rings. The van der Waals surface area contributed by atoms with E-state index in [0.717, 1.165) is 10.9 Å². The highest BCUT2D eigenvalue weighted by Gasteiger charge is 2.17. The summed E-state index contributed by atoms with van der Waals surface area (Å²) >= 11 is 12.1. The lowest BCUT2D eigenvalue weighted by Gasteiger charge is -2.12. The fourth-order valence-corrected chi connectivity index (χ4v) is 2.71. The zero-order valence-corrected chi connectivity index (χ0v) is 13.4. The number of halogens is 2. The van der Waals surface area contributed by atoms with Gasteiger partial charge in [-0.05, 0) is 19.1 Å². The van der Waals surface area contributed by atoms with Gasteiger partial charge in [-0.2, -0.15) is 0 Å². The fourth-order valence-electron chi connectivity index (χ4n) is 2.16. The first-order chi connectivity index (χ1) is 11.0. The number of benzene rings is 2. The Bertz CT molecular complexity index is 905. The fraction of sp³-hybridized carbons (Fsp3) is 0.0625. The predicted molar refractivity (Wildman–Crippen MR) is 89.7 cm³/mol. The third kappa shape index (κ3) is 3.06. The summed E-state index contributed by atoms with van der Waals surface area (Å²) in [5, 5.41) is 11.9. The first-order valence-corrected chi connectivity index (χ1v) is 7.39. The summed E-state index contributed by atoms with van der Waals surface area (Å²) in [6, 6.07) is 11.8. The van der Waals surface area contributed by atoms with E-state index < -0.39 is 4.92 Å². The number of nitro benzene ring substituents is 1. The molecule has 0 aliphatic heterocycles. The van der Waals surface area contributed by atoms with Crippen LogP contribution in [0, 0.1) is 17.0 Å². The SMILES string of the molecule is Cc1nc2ccccc2cc1Oc1c(Cl)cc([N+](=O)[O-])cc1Cl. The average molecular weight is 349 g/mol. The number of fused-ring (bicyclic) bond motifs is 1. The van der Waals surface area contributed by atoms with E-state index in [1.165, 1.54) is 12.1 Å². The number of nitrogens with zero attached hydrogens (tertiary/aromatic N) is 2. The highest BCUT2D eigenvalue weighted by atomic mass is 35.5. The van der Waals surface area contributed by atoms with Gasteiger partial charge in [0.05, 0.1) is 26.2 Å². The number of aromatic nitrogens is 1. The van der Waals surface area contributed by atoms with E-state index in [2.05, 4.69) is 4.98 Å². The van der Waals surface area contributed by atoms with Crippen LogP contribution in [0.1, 0.15) is 5.69 Å². The molecule has 3 rings (SSSR count). The maximum absolute atomic E-state index is 10.8. The van der Waals surface area contributed by atoms with E-state index in [4.69, 9.17) is 27.9 Å². The molecule has 0 atom stereocenters. The molecule has 0 N–H and O–H groups in total. The number of hydrogen-bond donors (Lipinski definition) is 0. The number of para-hydroxylation sites is 1. The molecule has 0 fully saturated rings. The number of hydrogen-bond acceptors (Lipinski definition) is 4. The molecule has 0 bridgehead atoms. The summed E-state index contributed by atoms with van der Waals surface area (Å²) in [7, 11) is 0. The van der Waals surface area contributed by atoms with Crippen LogP contribution in [0.4, 0.5) is 5.69 Å². The van der Waals surface area contributed by atoms with Crippen molar-refractivity contribution in [2.75, 3.05) is 0 Å². The Morgan fingerprint density at radius 1 is 1.13 bits per heavy atom. The van der Waals surface area contributed by atoms with Gasteiger partial charge in [-0.3, -0.25) is 10.1 Å². The molecule has 2 aromatic carbocycles.